The first-order valence-electron chi connectivity index (χ1n) is 4.13. The molecular weight excluding hydrogens is 169 g/mol. The molecule has 0 aromatic rings. The molecule has 0 N–H and O–H groups in total. The van der Waals surface area contributed by atoms with Gasteiger partial charge in [-0.15, -0.1) is 0 Å². The number of hydrogen-bond acceptors (Lipinski definition) is 1. The van der Waals surface area contributed by atoms with Crippen molar-refractivity contribution in [3.63, 3.8) is 0 Å². The number of nitrogens with zero attached hydrogens (tertiary/aromatic N) is 1. The Morgan fingerprint density at radius 1 is 1.25 bits per heavy atom. The number of Topliss-reactive ketones (excluding diaryl/α,β-unsaturated/α-hetero) is 1. The van der Waals surface area contributed by atoms with E-state index in [0.29, 0.717) is 0 Å². The lowest BCUT2D eigenvalue weighted by molar-refractivity contribution is -0.460. The molecule has 0 saturated carbocycles. The van der Waals surface area contributed by atoms with Gasteiger partial charge in [-0.1, -0.05) is 13.8 Å². The zero-order valence-electron chi connectivity index (χ0n) is 8.88. The maximum atomic E-state index is 11.7. The highest BCUT2D eigenvalue weighted by Crippen LogP contribution is 2.28. The maximum absolute atomic E-state index is 11.7. The SMILES string of the molecule is CC(C)C(=O)C(=[N+](C)C)P(C)C. The van der Waals surface area contributed by atoms with Crippen molar-refractivity contribution in [2.24, 2.45) is 5.92 Å². The molecule has 0 aliphatic heterocycles. The van der Waals surface area contributed by atoms with Crippen molar-refractivity contribution < 1.29 is 9.37 Å². The monoisotopic (exact) mass is 188 g/mol. The van der Waals surface area contributed by atoms with E-state index in [4.69, 9.17) is 0 Å². The van der Waals surface area contributed by atoms with Crippen molar-refractivity contribution >= 4 is 19.2 Å². The number of ketones is 1. The van der Waals surface area contributed by atoms with Crippen LogP contribution in [0.2, 0.25) is 0 Å². The fourth-order valence-electron chi connectivity index (χ4n) is 1.10. The molecule has 0 spiro atoms. The Labute approximate surface area is 76.4 Å². The van der Waals surface area contributed by atoms with Crippen LogP contribution in [0.25, 0.3) is 0 Å². The van der Waals surface area contributed by atoms with Crippen molar-refractivity contribution in [3.05, 3.63) is 0 Å². The molecule has 0 atom stereocenters. The van der Waals surface area contributed by atoms with Gasteiger partial charge in [-0.05, 0) is 21.3 Å². The van der Waals surface area contributed by atoms with Gasteiger partial charge in [0.2, 0.25) is 11.2 Å². The molecule has 0 aromatic carbocycles. The molecule has 0 aliphatic carbocycles. The second kappa shape index (κ2) is 4.71. The summed E-state index contributed by atoms with van der Waals surface area (Å²) in [6.45, 7) is 8.13. The molecule has 3 heteroatoms. The lowest BCUT2D eigenvalue weighted by atomic mass is 10.1. The molecule has 0 aliphatic rings. The van der Waals surface area contributed by atoms with Gasteiger partial charge >= 0.3 is 0 Å². The Morgan fingerprint density at radius 3 is 1.75 bits per heavy atom. The summed E-state index contributed by atoms with van der Waals surface area (Å²) in [5.41, 5.74) is 0.986. The summed E-state index contributed by atoms with van der Waals surface area (Å²) in [7, 11) is 3.60. The minimum absolute atomic E-state index is 0.118. The summed E-state index contributed by atoms with van der Waals surface area (Å²) in [6, 6.07) is 0. The smallest absolute Gasteiger partial charge is 0.238 e. The second-order valence-corrected chi connectivity index (χ2v) is 5.84. The van der Waals surface area contributed by atoms with Gasteiger partial charge in [0, 0.05) is 5.92 Å². The number of hydrogen-bond donors (Lipinski definition) is 0. The average Bonchev–Trinajstić information content (AvgIpc) is 1.85. The van der Waals surface area contributed by atoms with Crippen molar-refractivity contribution in [1.29, 1.82) is 0 Å². The summed E-state index contributed by atoms with van der Waals surface area (Å²) in [6.07, 6.45) is 0. The third kappa shape index (κ3) is 3.02. The highest BCUT2D eigenvalue weighted by molar-refractivity contribution is 7.76. The second-order valence-electron chi connectivity index (χ2n) is 3.63. The van der Waals surface area contributed by atoms with Crippen molar-refractivity contribution in [2.45, 2.75) is 13.8 Å². The van der Waals surface area contributed by atoms with E-state index in [9.17, 15) is 4.79 Å². The molecule has 12 heavy (non-hydrogen) atoms. The van der Waals surface area contributed by atoms with E-state index in [-0.39, 0.29) is 19.6 Å². The van der Waals surface area contributed by atoms with Gasteiger partial charge in [0.1, 0.15) is 14.1 Å². The number of rotatable bonds is 3. The molecular formula is C9H19NOP+. The van der Waals surface area contributed by atoms with E-state index in [1.807, 2.05) is 32.5 Å². The van der Waals surface area contributed by atoms with Crippen LogP contribution >= 0.6 is 7.92 Å². The van der Waals surface area contributed by atoms with Crippen LogP contribution in [0.5, 0.6) is 0 Å². The van der Waals surface area contributed by atoms with E-state index in [0.717, 1.165) is 5.45 Å². The van der Waals surface area contributed by atoms with Crippen molar-refractivity contribution in [2.75, 3.05) is 27.4 Å². The molecule has 0 rings (SSSR count). The fraction of sp³-hybridized carbons (Fsp3) is 0.778. The molecule has 70 valence electrons. The van der Waals surface area contributed by atoms with E-state index >= 15 is 0 Å². The zero-order valence-corrected chi connectivity index (χ0v) is 9.77. The van der Waals surface area contributed by atoms with E-state index in [2.05, 4.69) is 13.3 Å². The minimum atomic E-state index is -0.282. The highest BCUT2D eigenvalue weighted by atomic mass is 31.1. The van der Waals surface area contributed by atoms with Crippen molar-refractivity contribution in [1.82, 2.24) is 0 Å². The normalized spacial score (nSPS) is 10.7. The molecule has 0 heterocycles. The quantitative estimate of drug-likeness (QED) is 0.374. The Kier molecular flexibility index (Phi) is 4.62. The number of carbonyl (C=O) groups is 1. The third-order valence-corrected chi connectivity index (χ3v) is 3.06. The molecule has 0 bridgehead atoms. The van der Waals surface area contributed by atoms with Gasteiger partial charge in [-0.3, -0.25) is 4.79 Å². The predicted molar refractivity (Wildman–Crippen MR) is 55.7 cm³/mol. The largest absolute Gasteiger partial charge is 0.287 e. The topological polar surface area (TPSA) is 20.1 Å². The van der Waals surface area contributed by atoms with Crippen LogP contribution in [0.15, 0.2) is 0 Å². The molecule has 0 radical (unpaired) electrons. The first-order chi connectivity index (χ1) is 5.37. The molecule has 0 amide bonds. The summed E-state index contributed by atoms with van der Waals surface area (Å²) in [5.74, 6) is 0.406. The van der Waals surface area contributed by atoms with Crippen LogP contribution in [0, 0.1) is 5.92 Å². The third-order valence-electron chi connectivity index (χ3n) is 1.59. The molecule has 0 fully saturated rings. The Bertz CT molecular complexity index is 203. The predicted octanol–water partition coefficient (Wildman–Crippen LogP) is 1.62. The van der Waals surface area contributed by atoms with Crippen molar-refractivity contribution in [3.8, 4) is 0 Å². The lowest BCUT2D eigenvalue weighted by Crippen LogP contribution is -2.25. The Morgan fingerprint density at radius 2 is 1.67 bits per heavy atom. The van der Waals surface area contributed by atoms with Crippen LogP contribution in [0.1, 0.15) is 13.8 Å². The zero-order chi connectivity index (χ0) is 9.89. The van der Waals surface area contributed by atoms with Crippen LogP contribution in [-0.4, -0.2) is 43.2 Å². The summed E-state index contributed by atoms with van der Waals surface area (Å²) in [4.78, 5) is 11.7. The first-order valence-corrected chi connectivity index (χ1v) is 6.37. The maximum Gasteiger partial charge on any atom is 0.238 e. The molecule has 0 unspecified atom stereocenters. The standard InChI is InChI=1S/C9H19NOP/c1-7(2)8(11)9(10(3)4)12(5)6/h7H,1-6H3/q+1. The highest BCUT2D eigenvalue weighted by Gasteiger charge is 2.24. The van der Waals surface area contributed by atoms with Gasteiger partial charge in [0.05, 0.1) is 0 Å². The van der Waals surface area contributed by atoms with Crippen LogP contribution in [-0.2, 0) is 4.79 Å². The van der Waals surface area contributed by atoms with Crippen LogP contribution in [0.3, 0.4) is 0 Å². The lowest BCUT2D eigenvalue weighted by Gasteiger charge is -2.08. The number of carbonyl (C=O) groups excluding carboxylic acids is 1. The van der Waals surface area contributed by atoms with E-state index in [1.165, 1.54) is 0 Å². The van der Waals surface area contributed by atoms with Gasteiger partial charge in [0.15, 0.2) is 0 Å². The molecule has 0 aromatic heterocycles. The summed E-state index contributed by atoms with van der Waals surface area (Å²) >= 11 is 0. The van der Waals surface area contributed by atoms with E-state index in [1.54, 1.807) is 0 Å². The van der Waals surface area contributed by atoms with Gasteiger partial charge in [-0.2, -0.15) is 0 Å². The van der Waals surface area contributed by atoms with Crippen LogP contribution < -0.4 is 0 Å². The Hall–Kier alpha value is -0.230. The molecule has 0 saturated heterocycles. The average molecular weight is 188 g/mol. The summed E-state index contributed by atoms with van der Waals surface area (Å²) < 4.78 is 1.95. The Balaban J connectivity index is 4.80. The van der Waals surface area contributed by atoms with Crippen LogP contribution in [0.4, 0.5) is 0 Å². The van der Waals surface area contributed by atoms with E-state index < -0.39 is 0 Å². The van der Waals surface area contributed by atoms with Gasteiger partial charge < -0.3 is 0 Å². The fourth-order valence-corrected chi connectivity index (χ4v) is 2.60. The summed E-state index contributed by atoms with van der Waals surface area (Å²) in [5, 5.41) is 0. The molecule has 2 nitrogen and oxygen atoms in total. The van der Waals surface area contributed by atoms with Gasteiger partial charge in [0.25, 0.3) is 0 Å². The van der Waals surface area contributed by atoms with Gasteiger partial charge in [-0.25, -0.2) is 4.58 Å². The first kappa shape index (κ1) is 11.8. The minimum Gasteiger partial charge on any atom is -0.287 e.